The van der Waals surface area contributed by atoms with Gasteiger partial charge in [0.05, 0.1) is 28.5 Å². The molecule has 1 N–H and O–H groups in total. The summed E-state index contributed by atoms with van der Waals surface area (Å²) in [5, 5.41) is 11.6. The molecule has 0 unspecified atom stereocenters. The van der Waals surface area contributed by atoms with Crippen LogP contribution in [0.1, 0.15) is 42.5 Å². The third-order valence-corrected chi connectivity index (χ3v) is 6.35. The number of para-hydroxylation sites is 1. The molecule has 0 saturated carbocycles. The number of amides is 2. The van der Waals surface area contributed by atoms with Crippen molar-refractivity contribution >= 4 is 23.2 Å². The summed E-state index contributed by atoms with van der Waals surface area (Å²) in [6.07, 6.45) is -4.35. The van der Waals surface area contributed by atoms with E-state index in [9.17, 15) is 22.8 Å². The Morgan fingerprint density at radius 3 is 2.41 bits per heavy atom. The highest BCUT2D eigenvalue weighted by molar-refractivity contribution is 6.07. The maximum atomic E-state index is 13.4. The third-order valence-electron chi connectivity index (χ3n) is 6.35. The van der Waals surface area contributed by atoms with Gasteiger partial charge in [-0.3, -0.25) is 9.59 Å². The van der Waals surface area contributed by atoms with Crippen LogP contribution in [0.2, 0.25) is 0 Å². The summed E-state index contributed by atoms with van der Waals surface area (Å²) in [6.45, 7) is 7.35. The first-order valence-electron chi connectivity index (χ1n) is 10.3. The van der Waals surface area contributed by atoms with E-state index in [1.54, 1.807) is 24.8 Å². The topological polar surface area (TPSA) is 73.2 Å². The second kappa shape index (κ2) is 8.30. The van der Waals surface area contributed by atoms with Crippen molar-refractivity contribution in [2.75, 3.05) is 16.8 Å². The van der Waals surface area contributed by atoms with Crippen LogP contribution in [0.4, 0.5) is 24.5 Å². The molecule has 168 valence electrons. The van der Waals surface area contributed by atoms with E-state index in [2.05, 4.69) is 5.32 Å². The molecular weight excluding hydrogens is 419 g/mol. The van der Waals surface area contributed by atoms with E-state index >= 15 is 0 Å². The van der Waals surface area contributed by atoms with Crippen LogP contribution in [-0.2, 0) is 15.8 Å². The van der Waals surface area contributed by atoms with E-state index in [1.807, 2.05) is 32.0 Å². The molecule has 2 aromatic rings. The fourth-order valence-corrected chi connectivity index (χ4v) is 4.42. The minimum atomic E-state index is -4.66. The number of carbonyl (C=O) groups is 2. The summed E-state index contributed by atoms with van der Waals surface area (Å²) in [6, 6.07) is 10.1. The predicted octanol–water partition coefficient (Wildman–Crippen LogP) is 5.21. The van der Waals surface area contributed by atoms with Gasteiger partial charge in [-0.25, -0.2) is 0 Å². The van der Waals surface area contributed by atoms with Crippen molar-refractivity contribution in [2.45, 2.75) is 40.3 Å². The number of nitriles is 1. The lowest BCUT2D eigenvalue weighted by Gasteiger charge is -2.30. The van der Waals surface area contributed by atoms with Crippen molar-refractivity contribution in [3.8, 4) is 6.07 Å². The Bertz CT molecular complexity index is 1100. The van der Waals surface area contributed by atoms with E-state index in [0.717, 1.165) is 28.9 Å². The van der Waals surface area contributed by atoms with E-state index < -0.39 is 29.0 Å². The minimum Gasteiger partial charge on any atom is -0.325 e. The van der Waals surface area contributed by atoms with Gasteiger partial charge in [0.2, 0.25) is 11.8 Å². The maximum Gasteiger partial charge on any atom is 0.416 e. The first-order valence-corrected chi connectivity index (χ1v) is 10.3. The Labute approximate surface area is 184 Å². The number of hydrogen-bond donors (Lipinski definition) is 1. The maximum absolute atomic E-state index is 13.4. The fourth-order valence-electron chi connectivity index (χ4n) is 4.42. The number of halogens is 3. The number of benzene rings is 2. The minimum absolute atomic E-state index is 0.116. The van der Waals surface area contributed by atoms with Crippen LogP contribution < -0.4 is 10.2 Å². The Hall–Kier alpha value is -3.34. The second-order valence-electron chi connectivity index (χ2n) is 8.26. The molecule has 2 aromatic carbocycles. The molecule has 2 amide bonds. The van der Waals surface area contributed by atoms with Gasteiger partial charge < -0.3 is 10.2 Å². The molecule has 1 fully saturated rings. The summed E-state index contributed by atoms with van der Waals surface area (Å²) in [5.41, 5.74) is 0.0484. The van der Waals surface area contributed by atoms with E-state index in [4.69, 9.17) is 5.26 Å². The lowest BCUT2D eigenvalue weighted by atomic mass is 9.75. The van der Waals surface area contributed by atoms with Crippen LogP contribution in [0.25, 0.3) is 0 Å². The Morgan fingerprint density at radius 1 is 1.25 bits per heavy atom. The predicted molar refractivity (Wildman–Crippen MR) is 115 cm³/mol. The Kier molecular flexibility index (Phi) is 6.05. The number of aryl methyl sites for hydroxylation is 2. The van der Waals surface area contributed by atoms with E-state index in [0.29, 0.717) is 6.42 Å². The molecule has 8 heteroatoms. The summed E-state index contributed by atoms with van der Waals surface area (Å²) in [7, 11) is 0. The number of carbonyl (C=O) groups excluding carboxylic acids is 2. The normalized spacial score (nSPS) is 20.9. The van der Waals surface area contributed by atoms with Crippen LogP contribution in [0.15, 0.2) is 36.4 Å². The van der Waals surface area contributed by atoms with Gasteiger partial charge in [0.25, 0.3) is 0 Å². The van der Waals surface area contributed by atoms with E-state index in [1.165, 1.54) is 6.07 Å². The molecule has 1 aliphatic heterocycles. The van der Waals surface area contributed by atoms with Crippen molar-refractivity contribution in [3.63, 3.8) is 0 Å². The second-order valence-corrected chi connectivity index (χ2v) is 8.26. The summed E-state index contributed by atoms with van der Waals surface area (Å²) < 4.78 is 39.7. The van der Waals surface area contributed by atoms with Crippen molar-refractivity contribution < 1.29 is 22.8 Å². The molecule has 0 bridgehead atoms. The highest BCUT2D eigenvalue weighted by Crippen LogP contribution is 2.44. The fraction of sp³-hybridized carbons (Fsp3) is 0.375. The first kappa shape index (κ1) is 23.3. The number of alkyl halides is 3. The van der Waals surface area contributed by atoms with Gasteiger partial charge in [-0.1, -0.05) is 32.0 Å². The average Bonchev–Trinajstić information content (AvgIpc) is 2.98. The van der Waals surface area contributed by atoms with Gasteiger partial charge in [0.1, 0.15) is 0 Å². The summed E-state index contributed by atoms with van der Waals surface area (Å²) in [4.78, 5) is 28.2. The SMILES string of the molecule is CC[C@@]1(C(=O)Nc2cc(C#N)cc(C(F)(F)F)c2)CN(c2c(C)cccc2C)C(=O)[C@H]1C. The number of nitrogens with zero attached hydrogens (tertiary/aromatic N) is 2. The van der Waals surface area contributed by atoms with Gasteiger partial charge in [-0.05, 0) is 49.6 Å². The van der Waals surface area contributed by atoms with Crippen molar-refractivity contribution in [1.29, 1.82) is 5.26 Å². The smallest absolute Gasteiger partial charge is 0.325 e. The molecule has 0 radical (unpaired) electrons. The molecule has 1 saturated heterocycles. The van der Waals surface area contributed by atoms with Gasteiger partial charge >= 0.3 is 6.18 Å². The molecule has 32 heavy (non-hydrogen) atoms. The largest absolute Gasteiger partial charge is 0.416 e. The zero-order valence-electron chi connectivity index (χ0n) is 18.3. The van der Waals surface area contributed by atoms with Crippen LogP contribution in [0.3, 0.4) is 0 Å². The molecule has 0 aromatic heterocycles. The summed E-state index contributed by atoms with van der Waals surface area (Å²) >= 11 is 0. The Morgan fingerprint density at radius 2 is 1.88 bits per heavy atom. The molecule has 3 rings (SSSR count). The molecule has 0 spiro atoms. The third kappa shape index (κ3) is 3.95. The number of rotatable bonds is 4. The van der Waals surface area contributed by atoms with Gasteiger partial charge in [-0.2, -0.15) is 18.4 Å². The van der Waals surface area contributed by atoms with Crippen LogP contribution in [0.5, 0.6) is 0 Å². The first-order chi connectivity index (χ1) is 14.9. The number of anilines is 2. The van der Waals surface area contributed by atoms with Crippen LogP contribution in [-0.4, -0.2) is 18.4 Å². The Balaban J connectivity index is 1.98. The summed E-state index contributed by atoms with van der Waals surface area (Å²) in [5.74, 6) is -1.42. The molecular formula is C24H24F3N3O2. The molecule has 1 heterocycles. The lowest BCUT2D eigenvalue weighted by molar-refractivity contribution is -0.137. The standard InChI is InChI=1S/C24H24F3N3O2/c1-5-23(13-30(21(31)16(23)4)20-14(2)7-6-8-15(20)3)22(32)29-19-10-17(12-28)9-18(11-19)24(25,26)27/h6-11,16H,5,13H2,1-4H3,(H,29,32)/t16-,23-/m1/s1. The van der Waals surface area contributed by atoms with Gasteiger partial charge in [0, 0.05) is 17.9 Å². The van der Waals surface area contributed by atoms with E-state index in [-0.39, 0.29) is 23.7 Å². The van der Waals surface area contributed by atoms with Crippen molar-refractivity contribution in [2.24, 2.45) is 11.3 Å². The van der Waals surface area contributed by atoms with Crippen molar-refractivity contribution in [1.82, 2.24) is 0 Å². The quantitative estimate of drug-likeness (QED) is 0.705. The highest BCUT2D eigenvalue weighted by atomic mass is 19.4. The van der Waals surface area contributed by atoms with Gasteiger partial charge in [0.15, 0.2) is 0 Å². The molecule has 0 aliphatic carbocycles. The van der Waals surface area contributed by atoms with Gasteiger partial charge in [-0.15, -0.1) is 0 Å². The monoisotopic (exact) mass is 443 g/mol. The zero-order chi connectivity index (χ0) is 23.8. The van der Waals surface area contributed by atoms with Crippen LogP contribution >= 0.6 is 0 Å². The number of nitrogens with one attached hydrogen (secondary N) is 1. The zero-order valence-corrected chi connectivity index (χ0v) is 18.3. The lowest BCUT2D eigenvalue weighted by Crippen LogP contribution is -2.42. The molecule has 1 aliphatic rings. The van der Waals surface area contributed by atoms with Crippen LogP contribution in [0, 0.1) is 36.5 Å². The molecule has 2 atom stereocenters. The van der Waals surface area contributed by atoms with Crippen molar-refractivity contribution in [3.05, 3.63) is 58.7 Å². The average molecular weight is 443 g/mol. The highest BCUT2D eigenvalue weighted by Gasteiger charge is 2.54. The number of hydrogen-bond acceptors (Lipinski definition) is 3. The molecule has 5 nitrogen and oxygen atoms in total.